The van der Waals surface area contributed by atoms with Gasteiger partial charge in [0.05, 0.1) is 11.8 Å². The highest BCUT2D eigenvalue weighted by atomic mass is 79.9. The van der Waals surface area contributed by atoms with Crippen molar-refractivity contribution in [3.8, 4) is 0 Å². The number of methoxy groups -OCH3 is 2. The summed E-state index contributed by atoms with van der Waals surface area (Å²) in [7, 11) is 2.95. The fourth-order valence-electron chi connectivity index (χ4n) is 3.28. The summed E-state index contributed by atoms with van der Waals surface area (Å²) in [5.41, 5.74) is 0.932. The molecule has 0 saturated heterocycles. The van der Waals surface area contributed by atoms with Gasteiger partial charge in [-0.2, -0.15) is 0 Å². The molecule has 0 radical (unpaired) electrons. The van der Waals surface area contributed by atoms with Crippen LogP contribution in [0.2, 0.25) is 0 Å². The molecule has 0 aromatic carbocycles. The third-order valence-corrected chi connectivity index (χ3v) is 5.43. The van der Waals surface area contributed by atoms with E-state index in [1.54, 1.807) is 6.92 Å². The molecular formula is C13H17BrO4. The van der Waals surface area contributed by atoms with Crippen LogP contribution in [0.5, 0.6) is 0 Å². The van der Waals surface area contributed by atoms with Crippen LogP contribution in [0.25, 0.3) is 0 Å². The van der Waals surface area contributed by atoms with E-state index in [4.69, 9.17) is 9.47 Å². The topological polar surface area (TPSA) is 52.6 Å². The first-order chi connectivity index (χ1) is 8.40. The van der Waals surface area contributed by atoms with Gasteiger partial charge in [-0.15, -0.1) is 0 Å². The monoisotopic (exact) mass is 316 g/mol. The molecule has 18 heavy (non-hydrogen) atoms. The van der Waals surface area contributed by atoms with Crippen molar-refractivity contribution < 1.29 is 19.1 Å². The number of hydrogen-bond acceptors (Lipinski definition) is 4. The predicted molar refractivity (Wildman–Crippen MR) is 69.2 cm³/mol. The van der Waals surface area contributed by atoms with E-state index in [0.717, 1.165) is 10.1 Å². The fourth-order valence-corrected chi connectivity index (χ4v) is 4.01. The van der Waals surface area contributed by atoms with Crippen molar-refractivity contribution in [2.45, 2.75) is 26.1 Å². The molecule has 1 fully saturated rings. The second-order valence-electron chi connectivity index (χ2n) is 4.95. The molecule has 4 nitrogen and oxygen atoms in total. The average molecular weight is 317 g/mol. The lowest BCUT2D eigenvalue weighted by Crippen LogP contribution is -2.61. The van der Waals surface area contributed by atoms with Crippen LogP contribution in [-0.4, -0.2) is 31.6 Å². The summed E-state index contributed by atoms with van der Waals surface area (Å²) in [6.07, 6.45) is 0.589. The molecule has 3 rings (SSSR count). The molecule has 3 aliphatic rings. The van der Waals surface area contributed by atoms with E-state index in [2.05, 4.69) is 15.9 Å². The van der Waals surface area contributed by atoms with Gasteiger partial charge in [0.2, 0.25) is 5.79 Å². The van der Waals surface area contributed by atoms with Crippen molar-refractivity contribution in [2.24, 2.45) is 17.8 Å². The number of carbonyl (C=O) groups excluding carboxylic acids is 2. The molecule has 3 atom stereocenters. The molecule has 2 bridgehead atoms. The second kappa shape index (κ2) is 4.54. The second-order valence-corrected chi connectivity index (χ2v) is 5.81. The number of rotatable bonds is 3. The Morgan fingerprint density at radius 1 is 1.39 bits per heavy atom. The smallest absolute Gasteiger partial charge is 0.236 e. The van der Waals surface area contributed by atoms with Gasteiger partial charge in [0.15, 0.2) is 5.78 Å². The van der Waals surface area contributed by atoms with E-state index in [9.17, 15) is 9.59 Å². The van der Waals surface area contributed by atoms with Gasteiger partial charge in [0.1, 0.15) is 5.78 Å². The lowest BCUT2D eigenvalue weighted by molar-refractivity contribution is -0.240. The normalized spacial score (nSPS) is 34.1. The molecule has 0 spiro atoms. The number of halogens is 1. The zero-order valence-electron chi connectivity index (χ0n) is 11.0. The van der Waals surface area contributed by atoms with Crippen molar-refractivity contribution in [1.29, 1.82) is 0 Å². The summed E-state index contributed by atoms with van der Waals surface area (Å²) >= 11 is 3.53. The lowest BCUT2D eigenvalue weighted by atomic mass is 9.60. The van der Waals surface area contributed by atoms with Crippen molar-refractivity contribution in [3.63, 3.8) is 0 Å². The average Bonchev–Trinajstić information content (AvgIpc) is 2.35. The van der Waals surface area contributed by atoms with Gasteiger partial charge in [0, 0.05) is 24.6 Å². The van der Waals surface area contributed by atoms with Crippen molar-refractivity contribution in [2.75, 3.05) is 14.2 Å². The van der Waals surface area contributed by atoms with E-state index in [0.29, 0.717) is 6.42 Å². The maximum absolute atomic E-state index is 12.6. The molecule has 3 aliphatic carbocycles. The first-order valence-electron chi connectivity index (χ1n) is 5.92. The highest BCUT2D eigenvalue weighted by Crippen LogP contribution is 2.54. The van der Waals surface area contributed by atoms with Crippen molar-refractivity contribution in [1.82, 2.24) is 0 Å². The first kappa shape index (κ1) is 13.9. The van der Waals surface area contributed by atoms with Gasteiger partial charge in [-0.1, -0.05) is 21.5 Å². The summed E-state index contributed by atoms with van der Waals surface area (Å²) in [6, 6.07) is 0. The summed E-state index contributed by atoms with van der Waals surface area (Å²) in [6.45, 7) is 3.44. The highest BCUT2D eigenvalue weighted by Gasteiger charge is 2.61. The van der Waals surface area contributed by atoms with E-state index in [1.807, 2.05) is 6.92 Å². The van der Waals surface area contributed by atoms with Gasteiger partial charge in [-0.25, -0.2) is 0 Å². The van der Waals surface area contributed by atoms with Crippen LogP contribution in [0.3, 0.4) is 0 Å². The Bertz CT molecular complexity index is 436. The Kier molecular flexibility index (Phi) is 3.51. The minimum atomic E-state index is -1.24. The van der Waals surface area contributed by atoms with Crippen LogP contribution in [-0.2, 0) is 19.1 Å². The van der Waals surface area contributed by atoms with Gasteiger partial charge in [-0.3, -0.25) is 9.59 Å². The maximum Gasteiger partial charge on any atom is 0.236 e. The van der Waals surface area contributed by atoms with E-state index >= 15 is 0 Å². The van der Waals surface area contributed by atoms with Gasteiger partial charge in [0.25, 0.3) is 0 Å². The molecule has 5 heteroatoms. The molecule has 0 unspecified atom stereocenters. The first-order valence-corrected chi connectivity index (χ1v) is 6.71. The van der Waals surface area contributed by atoms with Crippen LogP contribution in [0.1, 0.15) is 20.3 Å². The molecule has 100 valence electrons. The largest absolute Gasteiger partial charge is 0.346 e. The molecule has 0 heterocycles. The molecule has 0 aliphatic heterocycles. The SMILES string of the molecule is COC1(OC)C(=O)[C@@H]2C(C)=C(Br)[C@@H]1C[C@@H]2C(C)=O. The van der Waals surface area contributed by atoms with Gasteiger partial charge < -0.3 is 9.47 Å². The number of allylic oxidation sites excluding steroid dienone is 1. The molecular weight excluding hydrogens is 300 g/mol. The zero-order chi connectivity index (χ0) is 13.7. The Labute approximate surface area is 115 Å². The summed E-state index contributed by atoms with van der Waals surface area (Å²) < 4.78 is 11.7. The zero-order valence-corrected chi connectivity index (χ0v) is 12.5. The molecule has 0 N–H and O–H groups in total. The number of ether oxygens (including phenoxy) is 2. The fraction of sp³-hybridized carbons (Fsp3) is 0.692. The molecule has 1 saturated carbocycles. The Morgan fingerprint density at radius 2 is 1.94 bits per heavy atom. The van der Waals surface area contributed by atoms with Crippen LogP contribution >= 0.6 is 15.9 Å². The summed E-state index contributed by atoms with van der Waals surface area (Å²) in [5.74, 6) is -2.24. The van der Waals surface area contributed by atoms with Gasteiger partial charge >= 0.3 is 0 Å². The number of carbonyl (C=O) groups is 2. The minimum Gasteiger partial charge on any atom is -0.346 e. The van der Waals surface area contributed by atoms with Crippen molar-refractivity contribution >= 4 is 27.5 Å². The maximum atomic E-state index is 12.6. The number of Topliss-reactive ketones (excluding diaryl/α,β-unsaturated/α-hetero) is 2. The quantitative estimate of drug-likeness (QED) is 0.748. The Hall–Kier alpha value is -0.520. The minimum absolute atomic E-state index is 0.0542. The molecule has 0 aromatic rings. The van der Waals surface area contributed by atoms with Gasteiger partial charge in [-0.05, 0) is 20.3 Å². The third kappa shape index (κ3) is 1.57. The van der Waals surface area contributed by atoms with Crippen LogP contribution in [0, 0.1) is 17.8 Å². The van der Waals surface area contributed by atoms with E-state index < -0.39 is 11.7 Å². The summed E-state index contributed by atoms with van der Waals surface area (Å²) in [4.78, 5) is 24.3. The number of fused-ring (bicyclic) bond motifs is 2. The van der Waals surface area contributed by atoms with E-state index in [1.165, 1.54) is 14.2 Å². The van der Waals surface area contributed by atoms with Crippen LogP contribution in [0.15, 0.2) is 10.1 Å². The number of hydrogen-bond donors (Lipinski definition) is 0. The Balaban J connectivity index is 2.56. The van der Waals surface area contributed by atoms with Crippen LogP contribution in [0.4, 0.5) is 0 Å². The Morgan fingerprint density at radius 3 is 2.39 bits per heavy atom. The molecule has 0 amide bonds. The predicted octanol–water partition coefficient (Wildman–Crippen LogP) is 2.07. The lowest BCUT2D eigenvalue weighted by Gasteiger charge is -2.50. The standard InChI is InChI=1S/C13H17BrO4/c1-6-10-8(7(2)15)5-9(11(6)14)13(17-3,18-4)12(10)16/h8-10H,5H2,1-4H3/t8-,9+,10-/m1/s1. The van der Waals surface area contributed by atoms with Crippen LogP contribution < -0.4 is 0 Å². The number of ketones is 2. The molecule has 0 aromatic heterocycles. The highest BCUT2D eigenvalue weighted by molar-refractivity contribution is 9.11. The summed E-state index contributed by atoms with van der Waals surface area (Å²) in [5, 5.41) is 0. The van der Waals surface area contributed by atoms with Crippen molar-refractivity contribution in [3.05, 3.63) is 10.1 Å². The van der Waals surface area contributed by atoms with E-state index in [-0.39, 0.29) is 23.4 Å². The third-order valence-electron chi connectivity index (χ3n) is 4.25.